The molecular weight excluding hydrogens is 435 g/mol. The van der Waals surface area contributed by atoms with E-state index in [-0.39, 0.29) is 5.78 Å². The second kappa shape index (κ2) is 10.4. The summed E-state index contributed by atoms with van der Waals surface area (Å²) in [5, 5.41) is 5.53. The van der Waals surface area contributed by atoms with Gasteiger partial charge in [0, 0.05) is 25.7 Å². The number of carbonyl (C=O) groups excluding carboxylic acids is 1. The predicted molar refractivity (Wildman–Crippen MR) is 143 cm³/mol. The van der Waals surface area contributed by atoms with E-state index >= 15 is 0 Å². The van der Waals surface area contributed by atoms with Crippen molar-refractivity contribution in [1.82, 2.24) is 0 Å². The van der Waals surface area contributed by atoms with Crippen LogP contribution in [-0.4, -0.2) is 12.4 Å². The van der Waals surface area contributed by atoms with Crippen molar-refractivity contribution in [2.45, 2.75) is 32.1 Å². The van der Waals surface area contributed by atoms with Gasteiger partial charge in [-0.25, -0.2) is 0 Å². The molecule has 0 radical (unpaired) electrons. The first-order valence-electron chi connectivity index (χ1n) is 12.1. The molecule has 5 rings (SSSR count). The maximum absolute atomic E-state index is 12.2. The molecule has 3 heteroatoms. The molecule has 34 heavy (non-hydrogen) atoms. The van der Waals surface area contributed by atoms with Crippen LogP contribution < -0.4 is 15.9 Å². The molecule has 0 N–H and O–H groups in total. The van der Waals surface area contributed by atoms with E-state index in [0.717, 1.165) is 30.6 Å². The average molecular weight is 466 g/mol. The van der Waals surface area contributed by atoms with Crippen LogP contribution in [-0.2, 0) is 9.53 Å². The van der Waals surface area contributed by atoms with E-state index in [9.17, 15) is 4.79 Å². The lowest BCUT2D eigenvalue weighted by Gasteiger charge is -2.29. The van der Waals surface area contributed by atoms with Gasteiger partial charge in [0.2, 0.25) is 0 Å². The van der Waals surface area contributed by atoms with E-state index in [0.29, 0.717) is 19.4 Å². The minimum absolute atomic E-state index is 0.214. The SMILES string of the molecule is O=C1CC=CC=C1CCOC1=C([P+](c2ccccc2)(c2ccccc2)c2ccccc2)CCC1. The van der Waals surface area contributed by atoms with Crippen molar-refractivity contribution in [2.75, 3.05) is 6.61 Å². The minimum atomic E-state index is -2.08. The van der Waals surface area contributed by atoms with Gasteiger partial charge >= 0.3 is 0 Å². The largest absolute Gasteiger partial charge is 0.494 e. The molecule has 0 bridgehead atoms. The van der Waals surface area contributed by atoms with Crippen LogP contribution in [0.5, 0.6) is 0 Å². The highest BCUT2D eigenvalue weighted by molar-refractivity contribution is 7.99. The van der Waals surface area contributed by atoms with Crippen molar-refractivity contribution in [3.05, 3.63) is 126 Å². The summed E-state index contributed by atoms with van der Waals surface area (Å²) in [5.41, 5.74) is 0.873. The zero-order valence-electron chi connectivity index (χ0n) is 19.4. The zero-order chi connectivity index (χ0) is 23.2. The Hall–Kier alpha value is -3.22. The van der Waals surface area contributed by atoms with Crippen molar-refractivity contribution in [1.29, 1.82) is 0 Å². The number of rotatable bonds is 8. The molecule has 0 aromatic heterocycles. The van der Waals surface area contributed by atoms with Gasteiger partial charge in [0.15, 0.2) is 5.78 Å². The van der Waals surface area contributed by atoms with Gasteiger partial charge in [0.1, 0.15) is 34.2 Å². The molecular formula is C31H30O2P+. The Morgan fingerprint density at radius 1 is 0.735 bits per heavy atom. The highest BCUT2D eigenvalue weighted by Crippen LogP contribution is 2.66. The molecule has 0 fully saturated rings. The fraction of sp³-hybridized carbons (Fsp3) is 0.194. The highest BCUT2D eigenvalue weighted by Gasteiger charge is 2.52. The van der Waals surface area contributed by atoms with E-state index in [1.54, 1.807) is 0 Å². The van der Waals surface area contributed by atoms with Crippen LogP contribution in [0.15, 0.2) is 126 Å². The zero-order valence-corrected chi connectivity index (χ0v) is 20.3. The summed E-state index contributed by atoms with van der Waals surface area (Å²) >= 11 is 0. The Morgan fingerprint density at radius 3 is 1.82 bits per heavy atom. The third-order valence-electron chi connectivity index (χ3n) is 6.72. The number of hydrogen-bond acceptors (Lipinski definition) is 2. The van der Waals surface area contributed by atoms with Crippen molar-refractivity contribution < 1.29 is 9.53 Å². The summed E-state index contributed by atoms with van der Waals surface area (Å²) in [7, 11) is -2.08. The second-order valence-corrected chi connectivity index (χ2v) is 12.2. The summed E-state index contributed by atoms with van der Waals surface area (Å²) in [5.74, 6) is 1.34. The molecule has 0 saturated heterocycles. The third-order valence-corrected chi connectivity index (χ3v) is 11.2. The van der Waals surface area contributed by atoms with Crippen LogP contribution in [0.2, 0.25) is 0 Å². The first kappa shape index (κ1) is 22.6. The number of hydrogen-bond donors (Lipinski definition) is 0. The van der Waals surface area contributed by atoms with Crippen LogP contribution >= 0.6 is 7.26 Å². The maximum atomic E-state index is 12.2. The Balaban J connectivity index is 1.61. The smallest absolute Gasteiger partial charge is 0.162 e. The lowest BCUT2D eigenvalue weighted by atomic mass is 10.0. The molecule has 3 aromatic carbocycles. The fourth-order valence-corrected chi connectivity index (χ4v) is 9.90. The van der Waals surface area contributed by atoms with E-state index in [4.69, 9.17) is 4.74 Å². The van der Waals surface area contributed by atoms with Crippen LogP contribution in [0, 0.1) is 0 Å². The molecule has 3 aromatic rings. The van der Waals surface area contributed by atoms with Gasteiger partial charge in [0.05, 0.1) is 6.61 Å². The Labute approximate surface area is 203 Å². The van der Waals surface area contributed by atoms with Gasteiger partial charge in [-0.1, -0.05) is 72.8 Å². The summed E-state index contributed by atoms with van der Waals surface area (Å²) in [4.78, 5) is 12.2. The van der Waals surface area contributed by atoms with Crippen LogP contribution in [0.1, 0.15) is 32.1 Å². The van der Waals surface area contributed by atoms with Crippen molar-refractivity contribution in [3.8, 4) is 0 Å². The predicted octanol–water partition coefficient (Wildman–Crippen LogP) is 6.24. The molecule has 0 spiro atoms. The number of benzene rings is 3. The Bertz CT molecular complexity index is 1130. The van der Waals surface area contributed by atoms with Gasteiger partial charge in [-0.15, -0.1) is 0 Å². The molecule has 2 aliphatic carbocycles. The Kier molecular flexibility index (Phi) is 6.88. The molecule has 2 nitrogen and oxygen atoms in total. The molecule has 0 unspecified atom stereocenters. The maximum Gasteiger partial charge on any atom is 0.162 e. The van der Waals surface area contributed by atoms with Gasteiger partial charge in [-0.3, -0.25) is 4.79 Å². The summed E-state index contributed by atoms with van der Waals surface area (Å²) in [6.07, 6.45) is 10.1. The number of Topliss-reactive ketones (excluding diaryl/α,β-unsaturated/α-hetero) is 1. The Morgan fingerprint density at radius 2 is 1.29 bits per heavy atom. The average Bonchev–Trinajstić information content (AvgIpc) is 3.36. The van der Waals surface area contributed by atoms with Crippen molar-refractivity contribution in [3.63, 3.8) is 0 Å². The van der Waals surface area contributed by atoms with Crippen molar-refractivity contribution in [2.24, 2.45) is 0 Å². The highest BCUT2D eigenvalue weighted by atomic mass is 31.2. The van der Waals surface area contributed by atoms with E-state index < -0.39 is 7.26 Å². The fourth-order valence-electron chi connectivity index (χ4n) is 5.17. The standard InChI is InChI=1S/C31H30O2P/c32-29-20-11-10-13-25(29)23-24-33-30-21-12-22-31(30)34(26-14-4-1-5-15-26,27-16-6-2-7-17-27)28-18-8-3-9-19-28/h1-11,13-19H,12,20-24H2/q+1. The molecule has 0 heterocycles. The van der Waals surface area contributed by atoms with E-state index in [1.165, 1.54) is 21.2 Å². The third kappa shape index (κ3) is 4.31. The summed E-state index contributed by atoms with van der Waals surface area (Å²) in [6.45, 7) is 0.544. The number of allylic oxidation sites excluding steroid dienone is 5. The lowest BCUT2D eigenvalue weighted by Crippen LogP contribution is -2.32. The number of ketones is 1. The normalized spacial score (nSPS) is 16.0. The van der Waals surface area contributed by atoms with Gasteiger partial charge in [-0.2, -0.15) is 0 Å². The summed E-state index contributed by atoms with van der Waals surface area (Å²) in [6, 6.07) is 32.9. The van der Waals surface area contributed by atoms with E-state index in [2.05, 4.69) is 91.0 Å². The molecule has 0 amide bonds. The van der Waals surface area contributed by atoms with Gasteiger partial charge in [-0.05, 0) is 48.4 Å². The monoisotopic (exact) mass is 465 g/mol. The molecule has 2 aliphatic rings. The molecule has 0 atom stereocenters. The molecule has 0 aliphatic heterocycles. The topological polar surface area (TPSA) is 26.3 Å². The summed E-state index contributed by atoms with van der Waals surface area (Å²) < 4.78 is 6.53. The van der Waals surface area contributed by atoms with Crippen molar-refractivity contribution >= 4 is 29.0 Å². The van der Waals surface area contributed by atoms with Gasteiger partial charge in [0.25, 0.3) is 0 Å². The first-order chi connectivity index (χ1) is 16.8. The van der Waals surface area contributed by atoms with Gasteiger partial charge < -0.3 is 4.74 Å². The molecule has 0 saturated carbocycles. The number of carbonyl (C=O) groups is 1. The quantitative estimate of drug-likeness (QED) is 0.368. The molecule has 170 valence electrons. The lowest BCUT2D eigenvalue weighted by molar-refractivity contribution is -0.115. The number of ether oxygens (including phenoxy) is 1. The first-order valence-corrected chi connectivity index (χ1v) is 13.9. The van der Waals surface area contributed by atoms with Crippen LogP contribution in [0.25, 0.3) is 0 Å². The van der Waals surface area contributed by atoms with Crippen LogP contribution in [0.3, 0.4) is 0 Å². The van der Waals surface area contributed by atoms with E-state index in [1.807, 2.05) is 18.2 Å². The van der Waals surface area contributed by atoms with Crippen LogP contribution in [0.4, 0.5) is 0 Å². The minimum Gasteiger partial charge on any atom is -0.494 e. The second-order valence-electron chi connectivity index (χ2n) is 8.75.